The molecule has 0 bridgehead atoms. The first-order valence-corrected chi connectivity index (χ1v) is 14.1. The number of hydrogen-bond acceptors (Lipinski definition) is 11. The molecular weight excluding hydrogens is 512 g/mol. The Kier molecular flexibility index (Phi) is 30.0. The summed E-state index contributed by atoms with van der Waals surface area (Å²) < 4.78 is 37.3. The van der Waals surface area contributed by atoms with Gasteiger partial charge in [0.25, 0.3) is 0 Å². The molecule has 39 heavy (non-hydrogen) atoms. The first-order chi connectivity index (χ1) is 19.1. The maximum Gasteiger partial charge on any atom is 0.236 e. The first-order valence-electron chi connectivity index (χ1n) is 14.1. The van der Waals surface area contributed by atoms with Crippen LogP contribution in [0.1, 0.15) is 38.5 Å². The lowest BCUT2D eigenvalue weighted by molar-refractivity contribution is -0.123. The molecule has 0 aromatic carbocycles. The number of amides is 2. The summed E-state index contributed by atoms with van der Waals surface area (Å²) in [5.74, 6) is -0.174. The van der Waals surface area contributed by atoms with Crippen molar-refractivity contribution in [3.8, 4) is 0 Å². The second-order valence-corrected chi connectivity index (χ2v) is 8.66. The number of rotatable bonds is 31. The third kappa shape index (κ3) is 29.4. The maximum atomic E-state index is 11.8. The lowest BCUT2D eigenvalue weighted by atomic mass is 10.1. The van der Waals surface area contributed by atoms with Gasteiger partial charge in [-0.1, -0.05) is 6.42 Å². The number of carbonyl (C=O) groups is 2. The van der Waals surface area contributed by atoms with Crippen LogP contribution in [-0.2, 0) is 42.7 Å². The number of nitrogens with two attached hydrogens (primary N) is 2. The van der Waals surface area contributed by atoms with Gasteiger partial charge in [-0.3, -0.25) is 9.59 Å². The van der Waals surface area contributed by atoms with E-state index in [1.54, 1.807) is 7.11 Å². The molecule has 0 saturated carbocycles. The van der Waals surface area contributed by atoms with E-state index in [9.17, 15) is 9.59 Å². The van der Waals surface area contributed by atoms with Crippen LogP contribution in [0.5, 0.6) is 0 Å². The van der Waals surface area contributed by atoms with Crippen LogP contribution in [0, 0.1) is 0 Å². The quantitative estimate of drug-likeness (QED) is 0.0803. The van der Waals surface area contributed by atoms with Crippen molar-refractivity contribution in [3.05, 3.63) is 0 Å². The minimum absolute atomic E-state index is 0.0462. The summed E-state index contributed by atoms with van der Waals surface area (Å²) in [4.78, 5) is 23.6. The van der Waals surface area contributed by atoms with E-state index in [-0.39, 0.29) is 11.8 Å². The third-order valence-corrected chi connectivity index (χ3v) is 5.25. The molecule has 0 aliphatic carbocycles. The molecule has 13 heteroatoms. The van der Waals surface area contributed by atoms with Crippen LogP contribution in [0.2, 0.25) is 0 Å². The molecule has 0 aliphatic rings. The van der Waals surface area contributed by atoms with Crippen LogP contribution in [0.3, 0.4) is 0 Å². The molecule has 2 amide bonds. The minimum Gasteiger partial charge on any atom is -0.382 e. The second-order valence-electron chi connectivity index (χ2n) is 8.66. The molecule has 0 aromatic rings. The van der Waals surface area contributed by atoms with Crippen LogP contribution < -0.4 is 22.1 Å². The predicted octanol–water partition coefficient (Wildman–Crippen LogP) is -0.409. The Bertz CT molecular complexity index is 548. The molecule has 0 unspecified atom stereocenters. The Morgan fingerprint density at radius 1 is 0.615 bits per heavy atom. The molecule has 1 atom stereocenters. The fraction of sp³-hybridized carbons (Fsp3) is 0.923. The van der Waals surface area contributed by atoms with E-state index in [4.69, 9.17) is 44.6 Å². The van der Waals surface area contributed by atoms with Crippen LogP contribution in [0.25, 0.3) is 0 Å². The van der Waals surface area contributed by atoms with Gasteiger partial charge in [0.2, 0.25) is 11.8 Å². The number of unbranched alkanes of at least 4 members (excludes halogenated alkanes) is 1. The molecule has 0 spiro atoms. The fourth-order valence-electron chi connectivity index (χ4n) is 3.04. The van der Waals surface area contributed by atoms with Gasteiger partial charge >= 0.3 is 0 Å². The first kappa shape index (κ1) is 37.6. The summed E-state index contributed by atoms with van der Waals surface area (Å²) in [6.45, 7) is 8.17. The molecule has 0 rings (SSSR count). The Balaban J connectivity index is 3.25. The highest BCUT2D eigenvalue weighted by Crippen LogP contribution is 1.98. The normalized spacial score (nSPS) is 12.0. The molecule has 13 nitrogen and oxygen atoms in total. The number of nitrogens with one attached hydrogen (secondary N) is 2. The highest BCUT2D eigenvalue weighted by molar-refractivity contribution is 5.81. The van der Waals surface area contributed by atoms with Gasteiger partial charge in [0.1, 0.15) is 0 Å². The van der Waals surface area contributed by atoms with E-state index >= 15 is 0 Å². The van der Waals surface area contributed by atoms with Gasteiger partial charge in [-0.25, -0.2) is 0 Å². The monoisotopic (exact) mass is 566 g/mol. The molecule has 232 valence electrons. The van der Waals surface area contributed by atoms with Crippen LogP contribution in [-0.4, -0.2) is 130 Å². The van der Waals surface area contributed by atoms with Crippen molar-refractivity contribution in [2.75, 3.05) is 113 Å². The summed E-state index contributed by atoms with van der Waals surface area (Å²) in [5, 5.41) is 5.66. The number of hydrogen-bond donors (Lipinski definition) is 4. The molecule has 0 radical (unpaired) electrons. The zero-order valence-electron chi connectivity index (χ0n) is 24.0. The third-order valence-electron chi connectivity index (χ3n) is 5.25. The van der Waals surface area contributed by atoms with E-state index in [2.05, 4.69) is 10.6 Å². The van der Waals surface area contributed by atoms with Crippen molar-refractivity contribution in [1.29, 1.82) is 0 Å². The summed E-state index contributed by atoms with van der Waals surface area (Å²) in [6.07, 6.45) is 4.15. The summed E-state index contributed by atoms with van der Waals surface area (Å²) in [7, 11) is 1.63. The average molecular weight is 567 g/mol. The van der Waals surface area contributed by atoms with Gasteiger partial charge in [0.05, 0.1) is 78.7 Å². The Morgan fingerprint density at radius 2 is 1.08 bits per heavy atom. The Hall–Kier alpha value is -1.42. The highest BCUT2D eigenvalue weighted by Gasteiger charge is 2.11. The highest BCUT2D eigenvalue weighted by atomic mass is 16.6. The molecule has 0 aliphatic heterocycles. The average Bonchev–Trinajstić information content (AvgIpc) is 2.93. The van der Waals surface area contributed by atoms with E-state index in [0.29, 0.717) is 118 Å². The molecule has 0 saturated heterocycles. The molecule has 0 fully saturated rings. The Labute approximate surface area is 234 Å². The zero-order chi connectivity index (χ0) is 28.7. The van der Waals surface area contributed by atoms with E-state index < -0.39 is 6.04 Å². The number of carbonyl (C=O) groups excluding carboxylic acids is 2. The van der Waals surface area contributed by atoms with E-state index in [0.717, 1.165) is 25.7 Å². The van der Waals surface area contributed by atoms with Crippen molar-refractivity contribution in [2.24, 2.45) is 11.5 Å². The molecule has 0 heterocycles. The van der Waals surface area contributed by atoms with Gasteiger partial charge in [-0.15, -0.1) is 0 Å². The number of ether oxygens (including phenoxy) is 7. The minimum atomic E-state index is -0.475. The van der Waals surface area contributed by atoms with Crippen molar-refractivity contribution < 1.29 is 42.7 Å². The predicted molar refractivity (Wildman–Crippen MR) is 148 cm³/mol. The Morgan fingerprint density at radius 3 is 1.59 bits per heavy atom. The van der Waals surface area contributed by atoms with Crippen molar-refractivity contribution in [2.45, 2.75) is 44.6 Å². The van der Waals surface area contributed by atoms with Gasteiger partial charge < -0.3 is 55.3 Å². The van der Waals surface area contributed by atoms with E-state index in [1.807, 2.05) is 0 Å². The van der Waals surface area contributed by atoms with Crippen molar-refractivity contribution >= 4 is 11.8 Å². The zero-order valence-corrected chi connectivity index (χ0v) is 24.0. The number of methoxy groups -OCH3 is 1. The second kappa shape index (κ2) is 31.1. The molecular formula is C26H54N4O9. The van der Waals surface area contributed by atoms with Gasteiger partial charge in [-0.05, 0) is 32.2 Å². The largest absolute Gasteiger partial charge is 0.382 e. The van der Waals surface area contributed by atoms with Crippen molar-refractivity contribution in [3.63, 3.8) is 0 Å². The van der Waals surface area contributed by atoms with Crippen LogP contribution in [0.15, 0.2) is 0 Å². The maximum absolute atomic E-state index is 11.8. The van der Waals surface area contributed by atoms with Crippen LogP contribution in [0.4, 0.5) is 0 Å². The van der Waals surface area contributed by atoms with Gasteiger partial charge in [0.15, 0.2) is 0 Å². The standard InChI is InChI=1S/C26H54N4O9/c1-33-14-15-37-22-23-39-21-18-36-13-7-25(31)29-9-4-11-34-16-19-38-20-17-35-12-5-10-30-26(32)24(28)6-2-3-8-27/h24H,2-23,27-28H2,1H3,(H,29,31)(H,30,32)/t24-/m0/s1. The summed E-state index contributed by atoms with van der Waals surface area (Å²) in [5.41, 5.74) is 11.3. The topological polar surface area (TPSA) is 175 Å². The van der Waals surface area contributed by atoms with Crippen molar-refractivity contribution in [1.82, 2.24) is 10.6 Å². The summed E-state index contributed by atoms with van der Waals surface area (Å²) in [6, 6.07) is -0.475. The lowest BCUT2D eigenvalue weighted by Gasteiger charge is -2.12. The van der Waals surface area contributed by atoms with Gasteiger partial charge in [0, 0.05) is 39.8 Å². The van der Waals surface area contributed by atoms with E-state index in [1.165, 1.54) is 0 Å². The molecule has 0 aromatic heterocycles. The SMILES string of the molecule is COCCOCCOCCOCCC(=O)NCCCOCCOCCOCCCNC(=O)[C@@H](N)CCCCN. The van der Waals surface area contributed by atoms with Crippen LogP contribution >= 0.6 is 0 Å². The fourth-order valence-corrected chi connectivity index (χ4v) is 3.04. The molecule has 6 N–H and O–H groups in total. The summed E-state index contributed by atoms with van der Waals surface area (Å²) >= 11 is 0. The van der Waals surface area contributed by atoms with Gasteiger partial charge in [-0.2, -0.15) is 0 Å². The lowest BCUT2D eigenvalue weighted by Crippen LogP contribution is -2.41. The smallest absolute Gasteiger partial charge is 0.236 e.